The second-order valence-corrected chi connectivity index (χ2v) is 7.20. The number of rotatable bonds is 2. The molecule has 2 aromatic rings. The second-order valence-electron chi connectivity index (χ2n) is 7.20. The maximum atomic E-state index is 12.1. The lowest BCUT2D eigenvalue weighted by molar-refractivity contribution is -0.129. The molecule has 1 N–H and O–H groups in total. The van der Waals surface area contributed by atoms with E-state index in [0.717, 1.165) is 42.8 Å². The van der Waals surface area contributed by atoms with E-state index in [1.807, 2.05) is 51.2 Å². The lowest BCUT2D eigenvalue weighted by atomic mass is 9.94. The van der Waals surface area contributed by atoms with Gasteiger partial charge < -0.3 is 10.2 Å². The van der Waals surface area contributed by atoms with E-state index in [1.165, 1.54) is 0 Å². The molecule has 5 heteroatoms. The van der Waals surface area contributed by atoms with Gasteiger partial charge in [-0.2, -0.15) is 0 Å². The number of carbonyl (C=O) groups excluding carboxylic acids is 1. The monoisotopic (exact) mass is 312 g/mol. The van der Waals surface area contributed by atoms with Crippen LogP contribution < -0.4 is 10.2 Å². The Kier molecular flexibility index (Phi) is 4.20. The van der Waals surface area contributed by atoms with Crippen LogP contribution in [0.15, 0.2) is 30.5 Å². The van der Waals surface area contributed by atoms with Crippen LogP contribution in [-0.4, -0.2) is 35.0 Å². The van der Waals surface area contributed by atoms with Gasteiger partial charge in [-0.25, -0.2) is 4.98 Å². The summed E-state index contributed by atoms with van der Waals surface area (Å²) in [6.07, 6.45) is 3.73. The van der Waals surface area contributed by atoms with Crippen LogP contribution in [0.1, 0.15) is 33.6 Å². The average Bonchev–Trinajstić information content (AvgIpc) is 2.54. The smallest absolute Gasteiger partial charge is 0.225 e. The first-order chi connectivity index (χ1) is 10.9. The molecule has 23 heavy (non-hydrogen) atoms. The lowest BCUT2D eigenvalue weighted by Crippen LogP contribution is -2.47. The highest BCUT2D eigenvalue weighted by atomic mass is 16.2. The van der Waals surface area contributed by atoms with Crippen molar-refractivity contribution in [3.05, 3.63) is 30.5 Å². The van der Waals surface area contributed by atoms with Crippen molar-refractivity contribution >= 4 is 22.8 Å². The molecule has 122 valence electrons. The molecular weight excluding hydrogens is 288 g/mol. The number of benzene rings is 1. The number of anilines is 1. The zero-order chi connectivity index (χ0) is 16.4. The Labute approximate surface area is 137 Å². The van der Waals surface area contributed by atoms with E-state index in [0.29, 0.717) is 0 Å². The molecule has 1 aromatic carbocycles. The van der Waals surface area contributed by atoms with Crippen molar-refractivity contribution in [2.75, 3.05) is 18.0 Å². The summed E-state index contributed by atoms with van der Waals surface area (Å²) in [6, 6.07) is 8.17. The van der Waals surface area contributed by atoms with Crippen molar-refractivity contribution in [1.29, 1.82) is 0 Å². The third-order valence-corrected chi connectivity index (χ3v) is 4.27. The van der Waals surface area contributed by atoms with Gasteiger partial charge in [-0.1, -0.05) is 32.9 Å². The minimum Gasteiger partial charge on any atom is -0.355 e. The summed E-state index contributed by atoms with van der Waals surface area (Å²) >= 11 is 0. The van der Waals surface area contributed by atoms with Crippen molar-refractivity contribution in [2.24, 2.45) is 5.41 Å². The van der Waals surface area contributed by atoms with E-state index in [9.17, 15) is 4.79 Å². The number of hydrogen-bond acceptors (Lipinski definition) is 4. The van der Waals surface area contributed by atoms with E-state index >= 15 is 0 Å². The first-order valence-electron chi connectivity index (χ1n) is 8.21. The number of amides is 1. The van der Waals surface area contributed by atoms with Gasteiger partial charge in [0.2, 0.25) is 5.91 Å². The number of fused-ring (bicyclic) bond motifs is 1. The van der Waals surface area contributed by atoms with Crippen LogP contribution >= 0.6 is 0 Å². The Morgan fingerprint density at radius 1 is 1.17 bits per heavy atom. The maximum Gasteiger partial charge on any atom is 0.225 e. The fourth-order valence-corrected chi connectivity index (χ4v) is 2.75. The minimum absolute atomic E-state index is 0.126. The molecular formula is C18H24N4O. The molecule has 0 spiro atoms. The van der Waals surface area contributed by atoms with Crippen LogP contribution in [0.3, 0.4) is 0 Å². The third kappa shape index (κ3) is 3.60. The zero-order valence-electron chi connectivity index (χ0n) is 14.0. The number of piperidine rings is 1. The summed E-state index contributed by atoms with van der Waals surface area (Å²) in [5.41, 5.74) is 1.51. The average molecular weight is 312 g/mol. The standard InChI is InChI=1S/C18H24N4O/c1-18(2,3)17(23)20-13-8-10-22(11-9-13)16-12-19-14-6-4-5-7-15(14)21-16/h4-7,12-13H,8-11H2,1-3H3,(H,20,23). The van der Waals surface area contributed by atoms with E-state index in [2.05, 4.69) is 15.2 Å². The number of aromatic nitrogens is 2. The van der Waals surface area contributed by atoms with Gasteiger partial charge in [-0.3, -0.25) is 9.78 Å². The molecule has 0 saturated carbocycles. The fraction of sp³-hybridized carbons (Fsp3) is 0.500. The summed E-state index contributed by atoms with van der Waals surface area (Å²) in [4.78, 5) is 23.5. The Hall–Kier alpha value is -2.17. The van der Waals surface area contributed by atoms with Crippen molar-refractivity contribution in [1.82, 2.24) is 15.3 Å². The topological polar surface area (TPSA) is 58.1 Å². The normalized spacial score (nSPS) is 16.6. The van der Waals surface area contributed by atoms with E-state index in [1.54, 1.807) is 0 Å². The number of carbonyl (C=O) groups is 1. The van der Waals surface area contributed by atoms with Crippen molar-refractivity contribution in [3.8, 4) is 0 Å². The van der Waals surface area contributed by atoms with Gasteiger partial charge in [-0.05, 0) is 25.0 Å². The molecule has 0 unspecified atom stereocenters. The van der Waals surface area contributed by atoms with Gasteiger partial charge in [0.25, 0.3) is 0 Å². The van der Waals surface area contributed by atoms with Crippen LogP contribution in [0, 0.1) is 5.41 Å². The molecule has 1 aliphatic heterocycles. The predicted molar refractivity (Wildman–Crippen MR) is 92.4 cm³/mol. The minimum atomic E-state index is -0.332. The molecule has 1 fully saturated rings. The summed E-state index contributed by atoms with van der Waals surface area (Å²) in [5, 5.41) is 3.16. The number of nitrogens with one attached hydrogen (secondary N) is 1. The summed E-state index contributed by atoms with van der Waals surface area (Å²) < 4.78 is 0. The Morgan fingerprint density at radius 3 is 2.48 bits per heavy atom. The van der Waals surface area contributed by atoms with Crippen molar-refractivity contribution in [3.63, 3.8) is 0 Å². The highest BCUT2D eigenvalue weighted by molar-refractivity contribution is 5.81. The zero-order valence-corrected chi connectivity index (χ0v) is 14.0. The molecule has 0 atom stereocenters. The summed E-state index contributed by atoms with van der Waals surface area (Å²) in [7, 11) is 0. The van der Waals surface area contributed by atoms with E-state index < -0.39 is 0 Å². The first-order valence-corrected chi connectivity index (χ1v) is 8.21. The lowest BCUT2D eigenvalue weighted by Gasteiger charge is -2.34. The van der Waals surface area contributed by atoms with Crippen molar-refractivity contribution < 1.29 is 4.79 Å². The number of nitrogens with zero attached hydrogens (tertiary/aromatic N) is 3. The van der Waals surface area contributed by atoms with Gasteiger partial charge in [0.1, 0.15) is 5.82 Å². The fourth-order valence-electron chi connectivity index (χ4n) is 2.75. The van der Waals surface area contributed by atoms with Gasteiger partial charge in [0, 0.05) is 24.5 Å². The Balaban J connectivity index is 1.63. The molecule has 1 amide bonds. The van der Waals surface area contributed by atoms with Crippen LogP contribution in [0.25, 0.3) is 11.0 Å². The highest BCUT2D eigenvalue weighted by Gasteiger charge is 2.26. The molecule has 1 saturated heterocycles. The van der Waals surface area contributed by atoms with Crippen LogP contribution in [0.5, 0.6) is 0 Å². The summed E-state index contributed by atoms with van der Waals surface area (Å²) in [5.74, 6) is 1.05. The van der Waals surface area contributed by atoms with Gasteiger partial charge in [0.05, 0.1) is 17.2 Å². The van der Waals surface area contributed by atoms with E-state index in [4.69, 9.17) is 4.98 Å². The molecule has 5 nitrogen and oxygen atoms in total. The molecule has 0 radical (unpaired) electrons. The molecule has 0 bridgehead atoms. The largest absolute Gasteiger partial charge is 0.355 e. The molecule has 1 aromatic heterocycles. The molecule has 3 rings (SSSR count). The van der Waals surface area contributed by atoms with Crippen LogP contribution in [-0.2, 0) is 4.79 Å². The maximum absolute atomic E-state index is 12.1. The van der Waals surface area contributed by atoms with Crippen molar-refractivity contribution in [2.45, 2.75) is 39.7 Å². The summed E-state index contributed by atoms with van der Waals surface area (Å²) in [6.45, 7) is 7.62. The van der Waals surface area contributed by atoms with E-state index in [-0.39, 0.29) is 17.4 Å². The van der Waals surface area contributed by atoms with Gasteiger partial charge in [-0.15, -0.1) is 0 Å². The molecule has 1 aliphatic rings. The number of hydrogen-bond donors (Lipinski definition) is 1. The van der Waals surface area contributed by atoms with Crippen LogP contribution in [0.4, 0.5) is 5.82 Å². The SMILES string of the molecule is CC(C)(C)C(=O)NC1CCN(c2cnc3ccccc3n2)CC1. The predicted octanol–water partition coefficient (Wildman–Crippen LogP) is 2.76. The van der Waals surface area contributed by atoms with Gasteiger partial charge in [0.15, 0.2) is 0 Å². The molecule has 0 aliphatic carbocycles. The number of para-hydroxylation sites is 2. The third-order valence-electron chi connectivity index (χ3n) is 4.27. The van der Waals surface area contributed by atoms with Gasteiger partial charge >= 0.3 is 0 Å². The first kappa shape index (κ1) is 15.7. The second kappa shape index (κ2) is 6.14. The Bertz CT molecular complexity index is 699. The molecule has 2 heterocycles. The Morgan fingerprint density at radius 2 is 1.83 bits per heavy atom. The van der Waals surface area contributed by atoms with Crippen LogP contribution in [0.2, 0.25) is 0 Å². The highest BCUT2D eigenvalue weighted by Crippen LogP contribution is 2.21. The quantitative estimate of drug-likeness (QED) is 0.926.